The molecule has 0 heterocycles. The molecule has 0 unspecified atom stereocenters. The zero-order valence-corrected chi connectivity index (χ0v) is 10.7. The topological polar surface area (TPSA) is 26.0 Å². The Hall–Kier alpha value is -1.31. The lowest BCUT2D eigenvalue weighted by Crippen LogP contribution is -3.00. The van der Waals surface area contributed by atoms with Gasteiger partial charge in [0, 0.05) is 5.54 Å². The van der Waals surface area contributed by atoms with Crippen LogP contribution in [0.5, 0.6) is 0 Å². The van der Waals surface area contributed by atoms with E-state index in [1.54, 1.807) is 0 Å². The summed E-state index contributed by atoms with van der Waals surface area (Å²) >= 11 is 0. The second kappa shape index (κ2) is 7.88. The first-order valence-electron chi connectivity index (χ1n) is 5.45. The highest BCUT2D eigenvalue weighted by Gasteiger charge is 2.17. The number of rotatable bonds is 6. The molecule has 0 amide bonds. The highest BCUT2D eigenvalue weighted by Crippen LogP contribution is 2.17. The summed E-state index contributed by atoms with van der Waals surface area (Å²) in [5, 5.41) is 0. The first-order valence-corrected chi connectivity index (χ1v) is 5.45. The standard InChI is InChI=1S/C15H19N.ClH/c1-3-11-15(16,12-4-2)13-10-14-8-6-5-7-9-14;/h3-10,13H,1-2,11-12,16H2;1H/p-1/b13-10+;. The van der Waals surface area contributed by atoms with Gasteiger partial charge in [-0.15, -0.1) is 13.2 Å². The van der Waals surface area contributed by atoms with Gasteiger partial charge in [-0.25, -0.2) is 0 Å². The molecular formula is C15H19ClN-. The molecule has 0 atom stereocenters. The average Bonchev–Trinajstić information content (AvgIpc) is 2.29. The summed E-state index contributed by atoms with van der Waals surface area (Å²) in [4.78, 5) is 0. The van der Waals surface area contributed by atoms with Crippen LogP contribution >= 0.6 is 0 Å². The van der Waals surface area contributed by atoms with E-state index >= 15 is 0 Å². The molecule has 1 nitrogen and oxygen atoms in total. The zero-order chi connectivity index (χ0) is 11.9. The summed E-state index contributed by atoms with van der Waals surface area (Å²) in [6.45, 7) is 7.47. The first-order chi connectivity index (χ1) is 7.70. The molecule has 1 aromatic rings. The molecule has 0 aliphatic rings. The molecule has 0 aliphatic heterocycles. The molecule has 0 bridgehead atoms. The third kappa shape index (κ3) is 5.53. The Bertz CT molecular complexity index is 358. The molecule has 0 aromatic heterocycles. The van der Waals surface area contributed by atoms with Crippen molar-refractivity contribution in [3.8, 4) is 0 Å². The zero-order valence-electron chi connectivity index (χ0n) is 9.98. The van der Waals surface area contributed by atoms with Crippen LogP contribution in [0.1, 0.15) is 18.4 Å². The fraction of sp³-hybridized carbons (Fsp3) is 0.200. The Kier molecular flexibility index (Phi) is 7.27. The SMILES string of the molecule is C=CCC(N)(/C=C/c1ccccc1)CC=C.[Cl-]. The van der Waals surface area contributed by atoms with E-state index in [9.17, 15) is 0 Å². The summed E-state index contributed by atoms with van der Waals surface area (Å²) in [5.74, 6) is 0. The quantitative estimate of drug-likeness (QED) is 0.732. The van der Waals surface area contributed by atoms with E-state index < -0.39 is 0 Å². The summed E-state index contributed by atoms with van der Waals surface area (Å²) in [6, 6.07) is 10.1. The lowest BCUT2D eigenvalue weighted by atomic mass is 9.91. The van der Waals surface area contributed by atoms with Gasteiger partial charge in [-0.05, 0) is 18.4 Å². The molecule has 0 spiro atoms. The maximum Gasteiger partial charge on any atom is 0.0412 e. The van der Waals surface area contributed by atoms with Crippen LogP contribution in [0.3, 0.4) is 0 Å². The van der Waals surface area contributed by atoms with Crippen molar-refractivity contribution in [3.05, 3.63) is 67.3 Å². The normalized spacial score (nSPS) is 10.9. The van der Waals surface area contributed by atoms with E-state index in [2.05, 4.69) is 25.3 Å². The summed E-state index contributed by atoms with van der Waals surface area (Å²) in [5.41, 5.74) is 7.03. The summed E-state index contributed by atoms with van der Waals surface area (Å²) < 4.78 is 0. The van der Waals surface area contributed by atoms with Crippen LogP contribution in [0.2, 0.25) is 0 Å². The van der Waals surface area contributed by atoms with Crippen LogP contribution in [0.15, 0.2) is 61.7 Å². The molecular weight excluding hydrogens is 230 g/mol. The highest BCUT2D eigenvalue weighted by molar-refractivity contribution is 5.50. The Morgan fingerprint density at radius 1 is 1.06 bits per heavy atom. The van der Waals surface area contributed by atoms with Crippen LogP contribution in [-0.4, -0.2) is 5.54 Å². The predicted octanol–water partition coefficient (Wildman–Crippen LogP) is 0.553. The van der Waals surface area contributed by atoms with Crippen molar-refractivity contribution in [2.24, 2.45) is 5.73 Å². The van der Waals surface area contributed by atoms with Gasteiger partial charge in [0.25, 0.3) is 0 Å². The monoisotopic (exact) mass is 248 g/mol. The van der Waals surface area contributed by atoms with Crippen molar-refractivity contribution in [1.82, 2.24) is 0 Å². The lowest BCUT2D eigenvalue weighted by Gasteiger charge is -2.22. The second-order valence-electron chi connectivity index (χ2n) is 3.96. The fourth-order valence-electron chi connectivity index (χ4n) is 1.58. The molecule has 92 valence electrons. The Morgan fingerprint density at radius 2 is 1.59 bits per heavy atom. The van der Waals surface area contributed by atoms with Crippen molar-refractivity contribution in [2.75, 3.05) is 0 Å². The highest BCUT2D eigenvalue weighted by atomic mass is 35.5. The van der Waals surface area contributed by atoms with Crippen molar-refractivity contribution >= 4 is 6.08 Å². The van der Waals surface area contributed by atoms with Gasteiger partial charge in [-0.1, -0.05) is 54.6 Å². The van der Waals surface area contributed by atoms with E-state index in [-0.39, 0.29) is 17.9 Å². The molecule has 17 heavy (non-hydrogen) atoms. The molecule has 2 N–H and O–H groups in total. The largest absolute Gasteiger partial charge is 1.00 e. The van der Waals surface area contributed by atoms with Crippen molar-refractivity contribution in [3.63, 3.8) is 0 Å². The van der Waals surface area contributed by atoms with Crippen LogP contribution < -0.4 is 18.1 Å². The van der Waals surface area contributed by atoms with E-state index in [1.807, 2.05) is 42.5 Å². The third-order valence-corrected chi connectivity index (χ3v) is 2.46. The first kappa shape index (κ1) is 15.7. The third-order valence-electron chi connectivity index (χ3n) is 2.46. The lowest BCUT2D eigenvalue weighted by molar-refractivity contribution is -0.00000362. The number of halogens is 1. The van der Waals surface area contributed by atoms with E-state index in [0.717, 1.165) is 18.4 Å². The van der Waals surface area contributed by atoms with Crippen molar-refractivity contribution < 1.29 is 12.4 Å². The minimum absolute atomic E-state index is 0. The van der Waals surface area contributed by atoms with Gasteiger partial charge >= 0.3 is 0 Å². The van der Waals surface area contributed by atoms with Crippen molar-refractivity contribution in [1.29, 1.82) is 0 Å². The van der Waals surface area contributed by atoms with Crippen LogP contribution in [0.25, 0.3) is 6.08 Å². The Balaban J connectivity index is 0.00000256. The molecule has 1 rings (SSSR count). The minimum Gasteiger partial charge on any atom is -1.00 e. The van der Waals surface area contributed by atoms with E-state index in [4.69, 9.17) is 5.73 Å². The van der Waals surface area contributed by atoms with Gasteiger partial charge in [0.1, 0.15) is 0 Å². The molecule has 2 heteroatoms. The molecule has 0 saturated heterocycles. The summed E-state index contributed by atoms with van der Waals surface area (Å²) in [6.07, 6.45) is 9.28. The number of nitrogens with two attached hydrogens (primary N) is 1. The van der Waals surface area contributed by atoms with Gasteiger partial charge in [-0.2, -0.15) is 0 Å². The van der Waals surface area contributed by atoms with Gasteiger partial charge in [-0.3, -0.25) is 0 Å². The summed E-state index contributed by atoms with van der Waals surface area (Å²) in [7, 11) is 0. The maximum absolute atomic E-state index is 6.24. The minimum atomic E-state index is -0.362. The second-order valence-corrected chi connectivity index (χ2v) is 3.96. The van der Waals surface area contributed by atoms with Gasteiger partial charge in [0.05, 0.1) is 0 Å². The predicted molar refractivity (Wildman–Crippen MR) is 72.0 cm³/mol. The van der Waals surface area contributed by atoms with E-state index in [0.29, 0.717) is 0 Å². The average molecular weight is 249 g/mol. The number of hydrogen-bond acceptors (Lipinski definition) is 1. The molecule has 0 aliphatic carbocycles. The number of benzene rings is 1. The smallest absolute Gasteiger partial charge is 0.0412 e. The maximum atomic E-state index is 6.24. The van der Waals surface area contributed by atoms with Gasteiger partial charge in [0.2, 0.25) is 0 Å². The van der Waals surface area contributed by atoms with Crippen LogP contribution in [0, 0.1) is 0 Å². The number of hydrogen-bond donors (Lipinski definition) is 1. The molecule has 0 radical (unpaired) electrons. The fourth-order valence-corrected chi connectivity index (χ4v) is 1.58. The van der Waals surface area contributed by atoms with Crippen LogP contribution in [-0.2, 0) is 0 Å². The molecule has 0 saturated carbocycles. The van der Waals surface area contributed by atoms with E-state index in [1.165, 1.54) is 0 Å². The van der Waals surface area contributed by atoms with Crippen molar-refractivity contribution in [2.45, 2.75) is 18.4 Å². The van der Waals surface area contributed by atoms with Gasteiger partial charge < -0.3 is 18.1 Å². The van der Waals surface area contributed by atoms with Gasteiger partial charge in [0.15, 0.2) is 0 Å². The Labute approximate surface area is 110 Å². The molecule has 0 fully saturated rings. The Morgan fingerprint density at radius 3 is 2.06 bits per heavy atom. The van der Waals surface area contributed by atoms with Crippen LogP contribution in [0.4, 0.5) is 0 Å². The molecule has 1 aromatic carbocycles.